The van der Waals surface area contributed by atoms with Crippen LogP contribution < -0.4 is 10.6 Å². The third-order valence-corrected chi connectivity index (χ3v) is 5.69. The van der Waals surface area contributed by atoms with Crippen LogP contribution in [0.15, 0.2) is 47.6 Å². The van der Waals surface area contributed by atoms with Crippen molar-refractivity contribution < 1.29 is 14.0 Å². The molecule has 0 aliphatic heterocycles. The van der Waals surface area contributed by atoms with Gasteiger partial charge in [-0.15, -0.1) is 10.2 Å². The van der Waals surface area contributed by atoms with Crippen LogP contribution in [-0.2, 0) is 23.1 Å². The Kier molecular flexibility index (Phi) is 7.30. The van der Waals surface area contributed by atoms with Gasteiger partial charge in [0.1, 0.15) is 11.6 Å². The molecule has 3 rings (SSSR count). The molecule has 11 heteroatoms. The van der Waals surface area contributed by atoms with Gasteiger partial charge in [-0.05, 0) is 30.3 Å². The quantitative estimate of drug-likeness (QED) is 0.508. The van der Waals surface area contributed by atoms with Gasteiger partial charge in [-0.2, -0.15) is 0 Å². The van der Waals surface area contributed by atoms with E-state index in [1.165, 1.54) is 12.1 Å². The number of rotatable bonds is 7. The van der Waals surface area contributed by atoms with Gasteiger partial charge >= 0.3 is 0 Å². The Labute approximate surface area is 186 Å². The second-order valence-electron chi connectivity index (χ2n) is 6.13. The van der Waals surface area contributed by atoms with E-state index in [0.29, 0.717) is 26.7 Å². The average Bonchev–Trinajstić information content (AvgIpc) is 3.04. The average molecular weight is 468 g/mol. The summed E-state index contributed by atoms with van der Waals surface area (Å²) in [4.78, 5) is 24.3. The van der Waals surface area contributed by atoms with E-state index >= 15 is 0 Å². The fourth-order valence-electron chi connectivity index (χ4n) is 2.43. The number of para-hydroxylation sites is 1. The number of halogens is 3. The summed E-state index contributed by atoms with van der Waals surface area (Å²) in [6, 6.07) is 10.7. The van der Waals surface area contributed by atoms with Crippen molar-refractivity contribution in [2.45, 2.75) is 11.6 Å². The SMILES string of the molecule is Cn1c(CC(=O)Nc2ccc(Cl)c(Cl)c2)nnc1SCC(=O)Nc1ccccc1F. The molecule has 0 aliphatic rings. The largest absolute Gasteiger partial charge is 0.326 e. The Morgan fingerprint density at radius 1 is 1.07 bits per heavy atom. The van der Waals surface area contributed by atoms with E-state index in [1.54, 1.807) is 41.9 Å². The van der Waals surface area contributed by atoms with E-state index < -0.39 is 5.82 Å². The molecule has 0 unspecified atom stereocenters. The van der Waals surface area contributed by atoms with Crippen molar-refractivity contribution in [2.24, 2.45) is 7.05 Å². The molecule has 0 spiro atoms. The van der Waals surface area contributed by atoms with Gasteiger partial charge in [0.25, 0.3) is 0 Å². The van der Waals surface area contributed by atoms with Crippen molar-refractivity contribution in [3.8, 4) is 0 Å². The van der Waals surface area contributed by atoms with Crippen molar-refractivity contribution in [3.05, 3.63) is 64.2 Å². The summed E-state index contributed by atoms with van der Waals surface area (Å²) < 4.78 is 15.2. The second kappa shape index (κ2) is 9.92. The first-order valence-electron chi connectivity index (χ1n) is 8.64. The maximum absolute atomic E-state index is 13.6. The molecule has 0 aliphatic carbocycles. The number of anilines is 2. The van der Waals surface area contributed by atoms with Gasteiger partial charge < -0.3 is 15.2 Å². The fraction of sp³-hybridized carbons (Fsp3) is 0.158. The summed E-state index contributed by atoms with van der Waals surface area (Å²) in [6.07, 6.45) is -0.0221. The number of hydrogen-bond acceptors (Lipinski definition) is 5. The maximum Gasteiger partial charge on any atom is 0.234 e. The molecule has 0 radical (unpaired) electrons. The molecule has 3 aromatic rings. The van der Waals surface area contributed by atoms with Gasteiger partial charge in [0.15, 0.2) is 5.16 Å². The number of benzene rings is 2. The van der Waals surface area contributed by atoms with Crippen molar-refractivity contribution in [2.75, 3.05) is 16.4 Å². The van der Waals surface area contributed by atoms with Gasteiger partial charge in [-0.25, -0.2) is 4.39 Å². The molecule has 2 N–H and O–H groups in total. The topological polar surface area (TPSA) is 88.9 Å². The second-order valence-corrected chi connectivity index (χ2v) is 7.89. The van der Waals surface area contributed by atoms with E-state index in [4.69, 9.17) is 23.2 Å². The van der Waals surface area contributed by atoms with Gasteiger partial charge in [0, 0.05) is 12.7 Å². The smallest absolute Gasteiger partial charge is 0.234 e. The van der Waals surface area contributed by atoms with Crippen molar-refractivity contribution in [1.82, 2.24) is 14.8 Å². The van der Waals surface area contributed by atoms with E-state index in [-0.39, 0.29) is 29.7 Å². The van der Waals surface area contributed by atoms with Crippen LogP contribution in [0.25, 0.3) is 0 Å². The molecule has 0 atom stereocenters. The summed E-state index contributed by atoms with van der Waals surface area (Å²) in [5, 5.41) is 14.4. The zero-order valence-electron chi connectivity index (χ0n) is 15.7. The first-order valence-corrected chi connectivity index (χ1v) is 10.4. The Morgan fingerprint density at radius 3 is 2.57 bits per heavy atom. The summed E-state index contributed by atoms with van der Waals surface area (Å²) >= 11 is 12.9. The number of nitrogens with one attached hydrogen (secondary N) is 2. The zero-order chi connectivity index (χ0) is 21.7. The van der Waals surface area contributed by atoms with Crippen LogP contribution in [0.2, 0.25) is 10.0 Å². The van der Waals surface area contributed by atoms with Crippen molar-refractivity contribution in [3.63, 3.8) is 0 Å². The van der Waals surface area contributed by atoms with E-state index in [1.807, 2.05) is 0 Å². The Balaban J connectivity index is 1.55. The number of carbonyl (C=O) groups excluding carboxylic acids is 2. The van der Waals surface area contributed by atoms with Crippen molar-refractivity contribution >= 4 is 58.2 Å². The van der Waals surface area contributed by atoms with Crippen LogP contribution in [0.5, 0.6) is 0 Å². The van der Waals surface area contributed by atoms with Crippen LogP contribution in [0.3, 0.4) is 0 Å². The van der Waals surface area contributed by atoms with Crippen LogP contribution in [0, 0.1) is 5.82 Å². The molecule has 30 heavy (non-hydrogen) atoms. The summed E-state index contributed by atoms with van der Waals surface area (Å²) in [7, 11) is 1.69. The summed E-state index contributed by atoms with van der Waals surface area (Å²) in [5.41, 5.74) is 0.622. The number of nitrogens with zero attached hydrogens (tertiary/aromatic N) is 3. The Hall–Kier alpha value is -2.62. The number of thioether (sulfide) groups is 1. The lowest BCUT2D eigenvalue weighted by Crippen LogP contribution is -2.17. The molecule has 0 bridgehead atoms. The van der Waals surface area contributed by atoms with E-state index in [0.717, 1.165) is 11.8 Å². The minimum Gasteiger partial charge on any atom is -0.326 e. The van der Waals surface area contributed by atoms with Crippen LogP contribution in [0.4, 0.5) is 15.8 Å². The number of amides is 2. The maximum atomic E-state index is 13.6. The zero-order valence-corrected chi connectivity index (χ0v) is 18.0. The predicted molar refractivity (Wildman–Crippen MR) is 116 cm³/mol. The third-order valence-electron chi connectivity index (χ3n) is 3.93. The lowest BCUT2D eigenvalue weighted by Gasteiger charge is -2.07. The Bertz CT molecular complexity index is 1090. The predicted octanol–water partition coefficient (Wildman–Crippen LogP) is 4.17. The lowest BCUT2D eigenvalue weighted by molar-refractivity contribution is -0.116. The normalized spacial score (nSPS) is 10.7. The lowest BCUT2D eigenvalue weighted by atomic mass is 10.3. The first kappa shape index (κ1) is 22.1. The van der Waals surface area contributed by atoms with E-state index in [2.05, 4.69) is 20.8 Å². The molecule has 0 fully saturated rings. The van der Waals surface area contributed by atoms with Gasteiger partial charge in [-0.3, -0.25) is 9.59 Å². The fourth-order valence-corrected chi connectivity index (χ4v) is 3.45. The van der Waals surface area contributed by atoms with Crippen LogP contribution >= 0.6 is 35.0 Å². The molecule has 7 nitrogen and oxygen atoms in total. The van der Waals surface area contributed by atoms with Crippen molar-refractivity contribution in [1.29, 1.82) is 0 Å². The first-order chi connectivity index (χ1) is 14.3. The standard InChI is InChI=1S/C19H16Cl2FN5O2S/c1-27-16(9-17(28)23-11-6-7-12(20)13(21)8-11)25-26-19(27)30-10-18(29)24-15-5-3-2-4-14(15)22/h2-8H,9-10H2,1H3,(H,23,28)(H,24,29). The molecule has 1 aromatic heterocycles. The minimum absolute atomic E-state index is 0.00970. The molecule has 0 saturated carbocycles. The highest BCUT2D eigenvalue weighted by molar-refractivity contribution is 7.99. The molecule has 2 amide bonds. The van der Waals surface area contributed by atoms with Crippen LogP contribution in [0.1, 0.15) is 5.82 Å². The highest BCUT2D eigenvalue weighted by atomic mass is 35.5. The monoisotopic (exact) mass is 467 g/mol. The highest BCUT2D eigenvalue weighted by Gasteiger charge is 2.15. The highest BCUT2D eigenvalue weighted by Crippen LogP contribution is 2.25. The van der Waals surface area contributed by atoms with Gasteiger partial charge in [-0.1, -0.05) is 47.1 Å². The summed E-state index contributed by atoms with van der Waals surface area (Å²) in [5.74, 6) is -0.769. The summed E-state index contributed by atoms with van der Waals surface area (Å²) in [6.45, 7) is 0. The number of hydrogen-bond donors (Lipinski definition) is 2. The minimum atomic E-state index is -0.509. The Morgan fingerprint density at radius 2 is 1.83 bits per heavy atom. The molecule has 2 aromatic carbocycles. The number of carbonyl (C=O) groups is 2. The molecule has 156 valence electrons. The molecular formula is C19H16Cl2FN5O2S. The van der Waals surface area contributed by atoms with Crippen LogP contribution in [-0.4, -0.2) is 32.3 Å². The van der Waals surface area contributed by atoms with Gasteiger partial charge in [0.05, 0.1) is 27.9 Å². The third kappa shape index (κ3) is 5.71. The van der Waals surface area contributed by atoms with Gasteiger partial charge in [0.2, 0.25) is 11.8 Å². The molecule has 1 heterocycles. The molecule has 0 saturated heterocycles. The number of aromatic nitrogens is 3. The molecular weight excluding hydrogens is 452 g/mol. The van der Waals surface area contributed by atoms with E-state index in [9.17, 15) is 14.0 Å².